The number of aromatic nitrogens is 2. The Kier molecular flexibility index (Phi) is 4.43. The van der Waals surface area contributed by atoms with E-state index in [2.05, 4.69) is 9.97 Å². The van der Waals surface area contributed by atoms with Gasteiger partial charge in [-0.05, 0) is 24.3 Å². The van der Waals surface area contributed by atoms with Gasteiger partial charge in [0, 0.05) is 26.0 Å². The van der Waals surface area contributed by atoms with Gasteiger partial charge in [-0.15, -0.1) is 0 Å². The quantitative estimate of drug-likeness (QED) is 0.878. The zero-order valence-electron chi connectivity index (χ0n) is 11.1. The summed E-state index contributed by atoms with van der Waals surface area (Å²) in [5.74, 6) is 0. The fourth-order valence-corrected chi connectivity index (χ4v) is 3.11. The molecule has 7 heteroatoms. The summed E-state index contributed by atoms with van der Waals surface area (Å²) in [5, 5.41) is 0. The summed E-state index contributed by atoms with van der Waals surface area (Å²) in [5.41, 5.74) is 6.58. The number of sulfonamides is 1. The van der Waals surface area contributed by atoms with Gasteiger partial charge in [0.25, 0.3) is 0 Å². The predicted molar refractivity (Wildman–Crippen MR) is 75.0 cm³/mol. The molecule has 0 aliphatic heterocycles. The van der Waals surface area contributed by atoms with E-state index in [0.717, 1.165) is 0 Å². The molecule has 0 saturated heterocycles. The van der Waals surface area contributed by atoms with E-state index in [9.17, 15) is 8.42 Å². The third kappa shape index (κ3) is 3.01. The Balaban J connectivity index is 2.30. The number of hydrogen-bond donors (Lipinski definition) is 1. The maximum atomic E-state index is 12.5. The van der Waals surface area contributed by atoms with Gasteiger partial charge in [0.15, 0.2) is 0 Å². The maximum absolute atomic E-state index is 12.5. The van der Waals surface area contributed by atoms with Crippen LogP contribution in [0.1, 0.15) is 11.4 Å². The Hall–Kier alpha value is -1.83. The number of hydrogen-bond acceptors (Lipinski definition) is 5. The summed E-state index contributed by atoms with van der Waals surface area (Å²) in [4.78, 5) is 8.27. The number of nitrogens with two attached hydrogens (primary N) is 1. The third-order valence-electron chi connectivity index (χ3n) is 2.84. The van der Waals surface area contributed by atoms with Crippen molar-refractivity contribution in [2.24, 2.45) is 5.73 Å². The number of pyridine rings is 2. The minimum absolute atomic E-state index is 0.0762. The normalized spacial score (nSPS) is 11.8. The first-order chi connectivity index (χ1) is 9.55. The van der Waals surface area contributed by atoms with Crippen LogP contribution in [0.5, 0.6) is 0 Å². The highest BCUT2D eigenvalue weighted by atomic mass is 32.2. The van der Waals surface area contributed by atoms with Gasteiger partial charge < -0.3 is 5.73 Å². The average molecular weight is 292 g/mol. The first-order valence-corrected chi connectivity index (χ1v) is 7.50. The predicted octanol–water partition coefficient (Wildman–Crippen LogP) is 0.756. The Bertz CT molecular complexity index is 674. The lowest BCUT2D eigenvalue weighted by Crippen LogP contribution is -2.28. The Morgan fingerprint density at radius 2 is 1.90 bits per heavy atom. The van der Waals surface area contributed by atoms with Gasteiger partial charge in [0.2, 0.25) is 10.0 Å². The van der Waals surface area contributed by atoms with Crippen molar-refractivity contribution < 1.29 is 8.42 Å². The van der Waals surface area contributed by atoms with Crippen molar-refractivity contribution in [2.75, 3.05) is 7.05 Å². The first kappa shape index (κ1) is 14.6. The van der Waals surface area contributed by atoms with Crippen molar-refractivity contribution in [3.8, 4) is 0 Å². The minimum atomic E-state index is -3.63. The van der Waals surface area contributed by atoms with Gasteiger partial charge in [-0.2, -0.15) is 4.31 Å². The molecule has 0 amide bonds. The van der Waals surface area contributed by atoms with Crippen LogP contribution in [0.4, 0.5) is 0 Å². The molecule has 0 unspecified atom stereocenters. The first-order valence-electron chi connectivity index (χ1n) is 6.06. The van der Waals surface area contributed by atoms with Gasteiger partial charge in [-0.3, -0.25) is 9.97 Å². The molecule has 0 radical (unpaired) electrons. The van der Waals surface area contributed by atoms with Crippen molar-refractivity contribution in [1.82, 2.24) is 14.3 Å². The lowest BCUT2D eigenvalue weighted by atomic mass is 10.3. The minimum Gasteiger partial charge on any atom is -0.325 e. The van der Waals surface area contributed by atoms with Crippen LogP contribution >= 0.6 is 0 Å². The van der Waals surface area contributed by atoms with Gasteiger partial charge in [0.05, 0.1) is 17.9 Å². The van der Waals surface area contributed by atoms with Crippen LogP contribution in [0.2, 0.25) is 0 Å². The van der Waals surface area contributed by atoms with Crippen LogP contribution < -0.4 is 5.73 Å². The summed E-state index contributed by atoms with van der Waals surface area (Å²) >= 11 is 0. The molecule has 0 aliphatic rings. The van der Waals surface area contributed by atoms with Crippen LogP contribution in [-0.2, 0) is 23.1 Å². The highest BCUT2D eigenvalue weighted by molar-refractivity contribution is 7.89. The molecule has 106 valence electrons. The van der Waals surface area contributed by atoms with Crippen LogP contribution in [0.3, 0.4) is 0 Å². The summed E-state index contributed by atoms with van der Waals surface area (Å²) in [6.07, 6.45) is 3.16. The fourth-order valence-electron chi connectivity index (χ4n) is 1.78. The Labute approximate surface area is 118 Å². The van der Waals surface area contributed by atoms with E-state index in [0.29, 0.717) is 11.4 Å². The topological polar surface area (TPSA) is 89.2 Å². The van der Waals surface area contributed by atoms with E-state index in [1.165, 1.54) is 23.6 Å². The molecular formula is C13H16N4O2S. The second kappa shape index (κ2) is 6.08. The molecule has 2 heterocycles. The fraction of sp³-hybridized carbons (Fsp3) is 0.231. The SMILES string of the molecule is CN(Cc1ccccn1)S(=O)(=O)c1cccnc1CN. The highest BCUT2D eigenvalue weighted by Gasteiger charge is 2.24. The summed E-state index contributed by atoms with van der Waals surface area (Å²) in [6.45, 7) is 0.273. The molecule has 2 aromatic rings. The molecule has 20 heavy (non-hydrogen) atoms. The van der Waals surface area contributed by atoms with Crippen molar-refractivity contribution in [3.05, 3.63) is 54.1 Å². The van der Waals surface area contributed by atoms with E-state index in [-0.39, 0.29) is 18.0 Å². The highest BCUT2D eigenvalue weighted by Crippen LogP contribution is 2.18. The monoisotopic (exact) mass is 292 g/mol. The molecule has 0 fully saturated rings. The van der Waals surface area contributed by atoms with Gasteiger partial charge in [-0.25, -0.2) is 8.42 Å². The molecule has 0 aliphatic carbocycles. The molecular weight excluding hydrogens is 276 g/mol. The number of rotatable bonds is 5. The molecule has 0 aromatic carbocycles. The van der Waals surface area contributed by atoms with Crippen molar-refractivity contribution in [1.29, 1.82) is 0 Å². The standard InChI is InChI=1S/C13H16N4O2S/c1-17(10-11-5-2-3-7-15-11)20(18,19)13-6-4-8-16-12(13)9-14/h2-8H,9-10,14H2,1H3. The van der Waals surface area contributed by atoms with E-state index in [1.807, 2.05) is 6.07 Å². The molecule has 0 atom stereocenters. The maximum Gasteiger partial charge on any atom is 0.245 e. The zero-order chi connectivity index (χ0) is 14.6. The Morgan fingerprint density at radius 1 is 1.15 bits per heavy atom. The van der Waals surface area contributed by atoms with Gasteiger partial charge >= 0.3 is 0 Å². The van der Waals surface area contributed by atoms with Crippen LogP contribution in [0, 0.1) is 0 Å². The zero-order valence-corrected chi connectivity index (χ0v) is 11.9. The van der Waals surface area contributed by atoms with Gasteiger partial charge in [-0.1, -0.05) is 6.07 Å². The Morgan fingerprint density at radius 3 is 2.55 bits per heavy atom. The van der Waals surface area contributed by atoms with E-state index in [1.54, 1.807) is 24.4 Å². The smallest absolute Gasteiger partial charge is 0.245 e. The van der Waals surface area contributed by atoms with Gasteiger partial charge in [0.1, 0.15) is 4.90 Å². The van der Waals surface area contributed by atoms with Crippen molar-refractivity contribution >= 4 is 10.0 Å². The molecule has 0 saturated carbocycles. The van der Waals surface area contributed by atoms with Crippen LogP contribution in [-0.4, -0.2) is 29.7 Å². The molecule has 2 aromatic heterocycles. The van der Waals surface area contributed by atoms with E-state index < -0.39 is 10.0 Å². The lowest BCUT2D eigenvalue weighted by Gasteiger charge is -2.18. The lowest BCUT2D eigenvalue weighted by molar-refractivity contribution is 0.461. The van der Waals surface area contributed by atoms with Crippen molar-refractivity contribution in [3.63, 3.8) is 0 Å². The third-order valence-corrected chi connectivity index (χ3v) is 4.72. The summed E-state index contributed by atoms with van der Waals surface area (Å²) < 4.78 is 26.3. The molecule has 6 nitrogen and oxygen atoms in total. The summed E-state index contributed by atoms with van der Waals surface area (Å²) in [7, 11) is -2.12. The van der Waals surface area contributed by atoms with Crippen LogP contribution in [0.25, 0.3) is 0 Å². The summed E-state index contributed by atoms with van der Waals surface area (Å²) in [6, 6.07) is 8.48. The van der Waals surface area contributed by atoms with E-state index in [4.69, 9.17) is 5.73 Å². The number of nitrogens with zero attached hydrogens (tertiary/aromatic N) is 3. The second-order valence-electron chi connectivity index (χ2n) is 4.23. The second-order valence-corrected chi connectivity index (χ2v) is 6.25. The molecule has 2 N–H and O–H groups in total. The van der Waals surface area contributed by atoms with Crippen molar-refractivity contribution in [2.45, 2.75) is 18.0 Å². The molecule has 2 rings (SSSR count). The average Bonchev–Trinajstić information content (AvgIpc) is 2.48. The molecule has 0 spiro atoms. The van der Waals surface area contributed by atoms with Crippen LogP contribution in [0.15, 0.2) is 47.6 Å². The largest absolute Gasteiger partial charge is 0.325 e. The molecule has 0 bridgehead atoms. The van der Waals surface area contributed by atoms with E-state index >= 15 is 0 Å².